The minimum Gasteiger partial charge on any atom is -0.438 e. The van der Waals surface area contributed by atoms with E-state index in [2.05, 4.69) is 18.7 Å². The number of thiocarbonyl (C=S) groups is 1. The lowest BCUT2D eigenvalue weighted by Crippen LogP contribution is -2.22. The summed E-state index contributed by atoms with van der Waals surface area (Å²) in [4.78, 5) is 2.41. The van der Waals surface area contributed by atoms with E-state index in [-0.39, 0.29) is 10.5 Å². The number of hydrogen-bond donors (Lipinski definition) is 2. The zero-order valence-corrected chi connectivity index (χ0v) is 11.9. The van der Waals surface area contributed by atoms with Crippen LogP contribution in [0.15, 0.2) is 28.7 Å². The molecule has 0 aliphatic rings. The van der Waals surface area contributed by atoms with Crippen LogP contribution in [0.2, 0.25) is 0 Å². The molecule has 0 saturated heterocycles. The van der Waals surface area contributed by atoms with Gasteiger partial charge < -0.3 is 15.1 Å². The van der Waals surface area contributed by atoms with E-state index in [1.165, 1.54) is 0 Å². The molecule has 2 rings (SSSR count). The molecule has 0 radical (unpaired) electrons. The lowest BCUT2D eigenvalue weighted by Gasteiger charge is -2.21. The van der Waals surface area contributed by atoms with Crippen LogP contribution in [0.1, 0.15) is 19.4 Å². The Morgan fingerprint density at radius 2 is 2.00 bits per heavy atom. The smallest absolute Gasteiger partial charge is 0.222 e. The van der Waals surface area contributed by atoms with E-state index in [4.69, 9.17) is 27.8 Å². The number of nitrogens with one attached hydrogen (secondary N) is 1. The Kier molecular flexibility index (Phi) is 3.85. The third-order valence-corrected chi connectivity index (χ3v) is 3.37. The van der Waals surface area contributed by atoms with Gasteiger partial charge in [-0.1, -0.05) is 12.2 Å². The van der Waals surface area contributed by atoms with Crippen molar-refractivity contribution in [1.29, 1.82) is 5.41 Å². The van der Waals surface area contributed by atoms with Crippen molar-refractivity contribution in [3.05, 3.63) is 35.4 Å². The average molecular weight is 275 g/mol. The summed E-state index contributed by atoms with van der Waals surface area (Å²) >= 11 is 4.91. The van der Waals surface area contributed by atoms with Gasteiger partial charge in [0, 0.05) is 30.2 Å². The molecule has 2 aromatic rings. The van der Waals surface area contributed by atoms with Crippen LogP contribution in [0.5, 0.6) is 0 Å². The highest BCUT2D eigenvalue weighted by atomic mass is 32.1. The first kappa shape index (κ1) is 13.5. The molecule has 1 aromatic heterocycles. The fourth-order valence-electron chi connectivity index (χ4n) is 2.09. The lowest BCUT2D eigenvalue weighted by molar-refractivity contribution is 0.531. The van der Waals surface area contributed by atoms with Crippen molar-refractivity contribution >= 4 is 33.9 Å². The summed E-state index contributed by atoms with van der Waals surface area (Å²) in [6, 6.07) is 7.75. The molecule has 0 fully saturated rings. The van der Waals surface area contributed by atoms with Crippen molar-refractivity contribution in [1.82, 2.24) is 0 Å². The van der Waals surface area contributed by atoms with Crippen LogP contribution in [0, 0.1) is 5.41 Å². The molecule has 100 valence electrons. The third-order valence-electron chi connectivity index (χ3n) is 3.15. The minimum atomic E-state index is 0.0108. The van der Waals surface area contributed by atoms with Gasteiger partial charge in [0.15, 0.2) is 0 Å². The van der Waals surface area contributed by atoms with E-state index in [1.807, 2.05) is 18.2 Å². The largest absolute Gasteiger partial charge is 0.438 e. The molecule has 0 amide bonds. The highest BCUT2D eigenvalue weighted by Crippen LogP contribution is 2.21. The normalized spacial score (nSPS) is 10.6. The lowest BCUT2D eigenvalue weighted by atomic mass is 10.1. The number of nitrogens with zero attached hydrogens (tertiary/aromatic N) is 1. The van der Waals surface area contributed by atoms with Crippen LogP contribution >= 0.6 is 12.2 Å². The van der Waals surface area contributed by atoms with Crippen molar-refractivity contribution in [3.8, 4) is 0 Å². The molecular formula is C14H17N3OS. The van der Waals surface area contributed by atoms with Gasteiger partial charge in [-0.15, -0.1) is 0 Å². The molecule has 5 heteroatoms. The van der Waals surface area contributed by atoms with Gasteiger partial charge in [-0.3, -0.25) is 5.41 Å². The van der Waals surface area contributed by atoms with Crippen LogP contribution < -0.4 is 16.2 Å². The Bertz CT molecular complexity index is 674. The minimum absolute atomic E-state index is 0.0108. The fraction of sp³-hybridized carbons (Fsp3) is 0.286. The first-order valence-corrected chi connectivity index (χ1v) is 6.64. The van der Waals surface area contributed by atoms with Gasteiger partial charge in [0.2, 0.25) is 5.55 Å². The average Bonchev–Trinajstić information content (AvgIpc) is 2.38. The summed E-state index contributed by atoms with van der Waals surface area (Å²) in [5, 5.41) is 8.70. The van der Waals surface area contributed by atoms with Gasteiger partial charge in [0.1, 0.15) is 10.6 Å². The first-order valence-electron chi connectivity index (χ1n) is 6.24. The molecule has 0 unspecified atom stereocenters. The standard InChI is InChI=1S/C14H17N3OS/c1-3-17(4-2)10-6-5-9-7-11(14(16)19)13(15)18-12(9)8-10/h5-8,15H,3-4H2,1-2H3,(H2,16,19). The van der Waals surface area contributed by atoms with Gasteiger partial charge >= 0.3 is 0 Å². The Hall–Kier alpha value is -1.88. The number of nitrogens with two attached hydrogens (primary N) is 1. The predicted octanol–water partition coefficient (Wildman–Crippen LogP) is 2.39. The summed E-state index contributed by atoms with van der Waals surface area (Å²) < 4.78 is 5.51. The van der Waals surface area contributed by atoms with E-state index in [1.54, 1.807) is 6.07 Å². The van der Waals surface area contributed by atoms with E-state index in [0.29, 0.717) is 11.1 Å². The molecule has 3 N–H and O–H groups in total. The quantitative estimate of drug-likeness (QED) is 0.841. The summed E-state index contributed by atoms with van der Waals surface area (Å²) in [5.41, 5.74) is 7.81. The molecule has 1 heterocycles. The van der Waals surface area contributed by atoms with Crippen LogP contribution in [-0.2, 0) is 0 Å². The molecule has 1 aromatic carbocycles. The van der Waals surface area contributed by atoms with Crippen LogP contribution in [0.25, 0.3) is 11.0 Å². The number of anilines is 1. The first-order chi connectivity index (χ1) is 9.06. The van der Waals surface area contributed by atoms with Crippen molar-refractivity contribution in [2.45, 2.75) is 13.8 Å². The maximum Gasteiger partial charge on any atom is 0.222 e. The zero-order valence-electron chi connectivity index (χ0n) is 11.1. The van der Waals surface area contributed by atoms with Gasteiger partial charge in [-0.05, 0) is 32.0 Å². The Labute approximate surface area is 117 Å². The fourth-order valence-corrected chi connectivity index (χ4v) is 2.24. The molecule has 0 bridgehead atoms. The molecule has 4 nitrogen and oxygen atoms in total. The van der Waals surface area contributed by atoms with Gasteiger partial charge in [0.05, 0.1) is 5.56 Å². The van der Waals surface area contributed by atoms with Gasteiger partial charge in [0.25, 0.3) is 0 Å². The maximum atomic E-state index is 7.80. The molecule has 0 atom stereocenters. The Morgan fingerprint density at radius 1 is 1.32 bits per heavy atom. The van der Waals surface area contributed by atoms with E-state index in [9.17, 15) is 0 Å². The second-order valence-corrected chi connectivity index (χ2v) is 4.69. The van der Waals surface area contributed by atoms with E-state index in [0.717, 1.165) is 24.2 Å². The maximum absolute atomic E-state index is 7.80. The van der Waals surface area contributed by atoms with Crippen molar-refractivity contribution in [2.75, 3.05) is 18.0 Å². The van der Waals surface area contributed by atoms with Crippen molar-refractivity contribution in [3.63, 3.8) is 0 Å². The molecular weight excluding hydrogens is 258 g/mol. The zero-order chi connectivity index (χ0) is 14.0. The number of rotatable bonds is 4. The second-order valence-electron chi connectivity index (χ2n) is 4.25. The summed E-state index contributed by atoms with van der Waals surface area (Å²) in [7, 11) is 0. The Balaban J connectivity index is 2.59. The summed E-state index contributed by atoms with van der Waals surface area (Å²) in [6.07, 6.45) is 0. The third kappa shape index (κ3) is 2.61. The van der Waals surface area contributed by atoms with Crippen molar-refractivity contribution in [2.24, 2.45) is 5.73 Å². The van der Waals surface area contributed by atoms with E-state index < -0.39 is 0 Å². The summed E-state index contributed by atoms with van der Waals surface area (Å²) in [6.45, 7) is 6.08. The molecule has 0 aliphatic carbocycles. The summed E-state index contributed by atoms with van der Waals surface area (Å²) in [5.74, 6) is 0. The number of fused-ring (bicyclic) bond motifs is 1. The van der Waals surface area contributed by atoms with Crippen molar-refractivity contribution < 1.29 is 4.42 Å². The molecule has 0 aliphatic heterocycles. The number of benzene rings is 1. The predicted molar refractivity (Wildman–Crippen MR) is 81.5 cm³/mol. The topological polar surface area (TPSA) is 66.2 Å². The van der Waals surface area contributed by atoms with Gasteiger partial charge in [-0.25, -0.2) is 0 Å². The SMILES string of the molecule is CCN(CC)c1ccc2cc(C(N)=S)c(=N)oc2c1. The van der Waals surface area contributed by atoms with E-state index >= 15 is 0 Å². The molecule has 19 heavy (non-hydrogen) atoms. The Morgan fingerprint density at radius 3 is 2.58 bits per heavy atom. The second kappa shape index (κ2) is 5.40. The van der Waals surface area contributed by atoms with Gasteiger partial charge in [-0.2, -0.15) is 0 Å². The van der Waals surface area contributed by atoms with Crippen LogP contribution in [-0.4, -0.2) is 18.1 Å². The number of hydrogen-bond acceptors (Lipinski definition) is 4. The highest BCUT2D eigenvalue weighted by molar-refractivity contribution is 7.80. The highest BCUT2D eigenvalue weighted by Gasteiger charge is 2.08. The monoisotopic (exact) mass is 275 g/mol. The molecule has 0 saturated carbocycles. The van der Waals surface area contributed by atoms with Crippen LogP contribution in [0.3, 0.4) is 0 Å². The van der Waals surface area contributed by atoms with Crippen LogP contribution in [0.4, 0.5) is 5.69 Å². The molecule has 0 spiro atoms.